The van der Waals surface area contributed by atoms with Crippen molar-refractivity contribution in [2.24, 2.45) is 0 Å². The molecule has 0 aliphatic carbocycles. The molecule has 0 N–H and O–H groups in total. The van der Waals surface area contributed by atoms with Crippen LogP contribution in [0.5, 0.6) is 0 Å². The number of benzene rings is 1. The molecule has 6 heteroatoms. The van der Waals surface area contributed by atoms with Crippen molar-refractivity contribution in [2.75, 3.05) is 0 Å². The maximum Gasteiger partial charge on any atom is 0.229 e. The van der Waals surface area contributed by atoms with Crippen LogP contribution in [0, 0.1) is 0 Å². The van der Waals surface area contributed by atoms with E-state index in [2.05, 4.69) is 10.2 Å². The van der Waals surface area contributed by atoms with Crippen molar-refractivity contribution < 1.29 is 0 Å². The molecule has 16 heavy (non-hydrogen) atoms. The van der Waals surface area contributed by atoms with Gasteiger partial charge in [0.25, 0.3) is 0 Å². The van der Waals surface area contributed by atoms with E-state index in [1.807, 2.05) is 6.92 Å². The van der Waals surface area contributed by atoms with E-state index < -0.39 is 0 Å². The zero-order valence-corrected chi connectivity index (χ0v) is 10.7. The number of para-hydroxylation sites is 1. The van der Waals surface area contributed by atoms with Gasteiger partial charge in [-0.05, 0) is 23.7 Å². The third-order valence-electron chi connectivity index (χ3n) is 2.17. The normalized spacial score (nSPS) is 10.8. The molecule has 2 aromatic rings. The molecule has 1 aromatic heterocycles. The van der Waals surface area contributed by atoms with Gasteiger partial charge in [0.1, 0.15) is 5.82 Å². The first-order valence-corrected chi connectivity index (χ1v) is 5.82. The molecule has 0 spiro atoms. The van der Waals surface area contributed by atoms with Crippen LogP contribution in [0.3, 0.4) is 0 Å². The Morgan fingerprint density at radius 2 is 1.75 bits per heavy atom. The van der Waals surface area contributed by atoms with Crippen LogP contribution < -0.4 is 0 Å². The largest absolute Gasteiger partial charge is 0.267 e. The standard InChI is InChI=1S/C10H8Cl3N3/c1-2-8-14-15-10(13)16(8)9-6(11)4-3-5-7(9)12/h3-5H,2H2,1H3. The van der Waals surface area contributed by atoms with E-state index in [4.69, 9.17) is 34.8 Å². The molecule has 0 atom stereocenters. The topological polar surface area (TPSA) is 30.7 Å². The lowest BCUT2D eigenvalue weighted by Crippen LogP contribution is -2.02. The van der Waals surface area contributed by atoms with Crippen LogP contribution in [0.2, 0.25) is 15.3 Å². The monoisotopic (exact) mass is 275 g/mol. The molecule has 0 fully saturated rings. The van der Waals surface area contributed by atoms with Crippen LogP contribution >= 0.6 is 34.8 Å². The quantitative estimate of drug-likeness (QED) is 0.835. The summed E-state index contributed by atoms with van der Waals surface area (Å²) in [4.78, 5) is 0. The maximum atomic E-state index is 6.10. The Kier molecular flexibility index (Phi) is 3.38. The number of hydrogen-bond donors (Lipinski definition) is 0. The van der Waals surface area contributed by atoms with Gasteiger partial charge < -0.3 is 0 Å². The summed E-state index contributed by atoms with van der Waals surface area (Å²) in [6, 6.07) is 5.27. The second kappa shape index (κ2) is 4.62. The lowest BCUT2D eigenvalue weighted by molar-refractivity contribution is 0.883. The Morgan fingerprint density at radius 1 is 1.12 bits per heavy atom. The first-order valence-electron chi connectivity index (χ1n) is 4.69. The highest BCUT2D eigenvalue weighted by atomic mass is 35.5. The first kappa shape index (κ1) is 11.7. The molecule has 0 bridgehead atoms. The van der Waals surface area contributed by atoms with Crippen molar-refractivity contribution in [1.29, 1.82) is 0 Å². The van der Waals surface area contributed by atoms with E-state index in [-0.39, 0.29) is 5.28 Å². The minimum atomic E-state index is 0.256. The fraction of sp³-hybridized carbons (Fsp3) is 0.200. The average molecular weight is 277 g/mol. The number of halogens is 3. The molecule has 0 radical (unpaired) electrons. The fourth-order valence-electron chi connectivity index (χ4n) is 1.45. The van der Waals surface area contributed by atoms with Gasteiger partial charge in [-0.15, -0.1) is 10.2 Å². The Bertz CT molecular complexity index is 502. The predicted molar refractivity (Wildman–Crippen MR) is 65.8 cm³/mol. The van der Waals surface area contributed by atoms with Crippen LogP contribution in [-0.2, 0) is 6.42 Å². The Balaban J connectivity index is 2.71. The summed E-state index contributed by atoms with van der Waals surface area (Å²) < 4.78 is 1.66. The molecule has 0 saturated carbocycles. The smallest absolute Gasteiger partial charge is 0.229 e. The lowest BCUT2D eigenvalue weighted by atomic mass is 10.3. The SMILES string of the molecule is CCc1nnc(Cl)n1-c1c(Cl)cccc1Cl. The molecule has 84 valence electrons. The van der Waals surface area contributed by atoms with Crippen LogP contribution in [0.25, 0.3) is 5.69 Å². The highest BCUT2D eigenvalue weighted by Crippen LogP contribution is 2.31. The van der Waals surface area contributed by atoms with Gasteiger partial charge >= 0.3 is 0 Å². The summed E-state index contributed by atoms with van der Waals surface area (Å²) in [6.45, 7) is 1.96. The first-order chi connectivity index (χ1) is 7.65. The van der Waals surface area contributed by atoms with E-state index in [1.165, 1.54) is 0 Å². The minimum Gasteiger partial charge on any atom is -0.267 e. The minimum absolute atomic E-state index is 0.256. The summed E-state index contributed by atoms with van der Waals surface area (Å²) in [7, 11) is 0. The Labute approximate surface area is 108 Å². The van der Waals surface area contributed by atoms with Crippen molar-refractivity contribution in [3.8, 4) is 5.69 Å². The molecule has 3 nitrogen and oxygen atoms in total. The second-order valence-corrected chi connectivity index (χ2v) is 4.30. The second-order valence-electron chi connectivity index (χ2n) is 3.14. The third kappa shape index (κ3) is 1.90. The van der Waals surface area contributed by atoms with Gasteiger partial charge in [-0.25, -0.2) is 0 Å². The van der Waals surface area contributed by atoms with Gasteiger partial charge in [-0.2, -0.15) is 0 Å². The van der Waals surface area contributed by atoms with Gasteiger partial charge in [0.2, 0.25) is 5.28 Å². The Morgan fingerprint density at radius 3 is 2.31 bits per heavy atom. The molecule has 0 aliphatic rings. The molecule has 2 rings (SSSR count). The summed E-state index contributed by atoms with van der Waals surface area (Å²) in [5.74, 6) is 0.722. The van der Waals surface area contributed by atoms with E-state index in [9.17, 15) is 0 Å². The zero-order valence-electron chi connectivity index (χ0n) is 8.41. The maximum absolute atomic E-state index is 6.10. The number of rotatable bonds is 2. The highest BCUT2D eigenvalue weighted by Gasteiger charge is 2.15. The lowest BCUT2D eigenvalue weighted by Gasteiger charge is -2.10. The molecule has 1 aromatic carbocycles. The van der Waals surface area contributed by atoms with Crippen molar-refractivity contribution in [2.45, 2.75) is 13.3 Å². The molecular formula is C10H8Cl3N3. The van der Waals surface area contributed by atoms with Crippen LogP contribution in [0.4, 0.5) is 0 Å². The summed E-state index contributed by atoms with van der Waals surface area (Å²) in [5.41, 5.74) is 0.623. The van der Waals surface area contributed by atoms with Crippen molar-refractivity contribution in [3.05, 3.63) is 39.4 Å². The average Bonchev–Trinajstić information content (AvgIpc) is 2.60. The molecule has 0 aliphatic heterocycles. The third-order valence-corrected chi connectivity index (χ3v) is 3.02. The molecule has 1 heterocycles. The Hall–Kier alpha value is -0.770. The number of hydrogen-bond acceptors (Lipinski definition) is 2. The summed E-state index contributed by atoms with van der Waals surface area (Å²) >= 11 is 18.2. The van der Waals surface area contributed by atoms with Gasteiger partial charge in [0.15, 0.2) is 0 Å². The van der Waals surface area contributed by atoms with Crippen LogP contribution in [0.15, 0.2) is 18.2 Å². The fourth-order valence-corrected chi connectivity index (χ4v) is 2.23. The predicted octanol–water partition coefficient (Wildman–Crippen LogP) is 3.79. The van der Waals surface area contributed by atoms with E-state index in [0.29, 0.717) is 22.2 Å². The van der Waals surface area contributed by atoms with E-state index >= 15 is 0 Å². The van der Waals surface area contributed by atoms with Gasteiger partial charge in [-0.3, -0.25) is 4.57 Å². The zero-order chi connectivity index (χ0) is 11.7. The van der Waals surface area contributed by atoms with E-state index in [0.717, 1.165) is 5.82 Å². The summed E-state index contributed by atoms with van der Waals surface area (Å²) in [5, 5.41) is 9.06. The summed E-state index contributed by atoms with van der Waals surface area (Å²) in [6.07, 6.45) is 0.696. The number of aryl methyl sites for hydroxylation is 1. The van der Waals surface area contributed by atoms with Crippen LogP contribution in [-0.4, -0.2) is 14.8 Å². The number of nitrogens with zero attached hydrogens (tertiary/aromatic N) is 3. The van der Waals surface area contributed by atoms with Crippen molar-refractivity contribution in [1.82, 2.24) is 14.8 Å². The molecule has 0 amide bonds. The highest BCUT2D eigenvalue weighted by molar-refractivity contribution is 6.38. The van der Waals surface area contributed by atoms with Gasteiger partial charge in [0, 0.05) is 6.42 Å². The molecule has 0 unspecified atom stereocenters. The van der Waals surface area contributed by atoms with Gasteiger partial charge in [0.05, 0.1) is 15.7 Å². The van der Waals surface area contributed by atoms with E-state index in [1.54, 1.807) is 22.8 Å². The molecular weight excluding hydrogens is 268 g/mol. The number of aromatic nitrogens is 3. The van der Waals surface area contributed by atoms with Crippen molar-refractivity contribution >= 4 is 34.8 Å². The van der Waals surface area contributed by atoms with Crippen molar-refractivity contribution in [3.63, 3.8) is 0 Å². The van der Waals surface area contributed by atoms with Gasteiger partial charge in [-0.1, -0.05) is 36.2 Å². The molecule has 0 saturated heterocycles. The van der Waals surface area contributed by atoms with Crippen LogP contribution in [0.1, 0.15) is 12.7 Å².